The normalized spacial score (nSPS) is 18.2. The van der Waals surface area contributed by atoms with Crippen LogP contribution in [0.25, 0.3) is 28.1 Å². The number of thioether (sulfide) groups is 1. The zero-order valence-electron chi connectivity index (χ0n) is 18.8. The molecular formula is C25H24FN5O2S. The molecule has 1 aromatic heterocycles. The van der Waals surface area contributed by atoms with Gasteiger partial charge in [0.05, 0.1) is 22.3 Å². The third-order valence-corrected chi connectivity index (χ3v) is 6.93. The molecule has 0 radical (unpaired) electrons. The summed E-state index contributed by atoms with van der Waals surface area (Å²) >= 11 is 0.871. The van der Waals surface area contributed by atoms with E-state index in [9.17, 15) is 9.59 Å². The van der Waals surface area contributed by atoms with Gasteiger partial charge in [-0.15, -0.1) is 0 Å². The maximum atomic E-state index is 15.2. The smallest absolute Gasteiger partial charge is 0.290 e. The second-order valence-electron chi connectivity index (χ2n) is 8.38. The van der Waals surface area contributed by atoms with Crippen LogP contribution in [0.2, 0.25) is 0 Å². The number of aromatic nitrogens is 2. The van der Waals surface area contributed by atoms with E-state index in [4.69, 9.17) is 0 Å². The zero-order valence-corrected chi connectivity index (χ0v) is 19.6. The van der Waals surface area contributed by atoms with Crippen molar-refractivity contribution < 1.29 is 14.0 Å². The molecule has 3 aromatic rings. The van der Waals surface area contributed by atoms with Gasteiger partial charge in [-0.1, -0.05) is 19.1 Å². The molecule has 0 spiro atoms. The maximum absolute atomic E-state index is 15.2. The van der Waals surface area contributed by atoms with Crippen molar-refractivity contribution >= 4 is 45.6 Å². The standard InChI is InChI=1S/C25H24FN5O2S/c1-2-7-30-8-10-31(11-9-30)22-6-4-17(14-20(22)26)19-15-27-29-21-5-3-16(12-18(19)21)13-23-24(32)28-25(33)34-23/h3-6,12-15H,2,7-11H2,1H3,(H,28,32,33). The van der Waals surface area contributed by atoms with Crippen molar-refractivity contribution in [3.8, 4) is 11.1 Å². The molecule has 1 N–H and O–H groups in total. The Kier molecular flexibility index (Phi) is 6.30. The Labute approximate surface area is 201 Å². The maximum Gasteiger partial charge on any atom is 0.290 e. The summed E-state index contributed by atoms with van der Waals surface area (Å²) in [4.78, 5) is 28.2. The van der Waals surface area contributed by atoms with Crippen LogP contribution in [0, 0.1) is 5.82 Å². The van der Waals surface area contributed by atoms with Gasteiger partial charge < -0.3 is 4.90 Å². The molecule has 34 heavy (non-hydrogen) atoms. The summed E-state index contributed by atoms with van der Waals surface area (Å²) in [5.41, 5.74) is 3.49. The number of nitrogens with zero attached hydrogens (tertiary/aromatic N) is 4. The van der Waals surface area contributed by atoms with Gasteiger partial charge in [-0.3, -0.25) is 19.8 Å². The van der Waals surface area contributed by atoms with Crippen LogP contribution >= 0.6 is 11.8 Å². The van der Waals surface area contributed by atoms with Gasteiger partial charge in [-0.25, -0.2) is 4.39 Å². The van der Waals surface area contributed by atoms with Crippen molar-refractivity contribution in [3.63, 3.8) is 0 Å². The Morgan fingerprint density at radius 1 is 1.12 bits per heavy atom. The van der Waals surface area contributed by atoms with Gasteiger partial charge in [0.2, 0.25) is 0 Å². The van der Waals surface area contributed by atoms with Crippen LogP contribution in [0.15, 0.2) is 47.5 Å². The summed E-state index contributed by atoms with van der Waals surface area (Å²) in [5.74, 6) is -0.668. The molecule has 2 aliphatic heterocycles. The summed E-state index contributed by atoms with van der Waals surface area (Å²) < 4.78 is 15.2. The molecular weight excluding hydrogens is 453 g/mol. The number of imide groups is 1. The summed E-state index contributed by atoms with van der Waals surface area (Å²) in [7, 11) is 0. The molecule has 0 aliphatic carbocycles. The largest absolute Gasteiger partial charge is 0.367 e. The number of piperazine rings is 1. The molecule has 5 rings (SSSR count). The molecule has 2 saturated heterocycles. The van der Waals surface area contributed by atoms with Crippen molar-refractivity contribution in [2.45, 2.75) is 13.3 Å². The lowest BCUT2D eigenvalue weighted by Crippen LogP contribution is -2.46. The number of amides is 2. The third kappa shape index (κ3) is 4.53. The molecule has 0 atom stereocenters. The number of carbonyl (C=O) groups excluding carboxylic acids is 2. The molecule has 0 bridgehead atoms. The van der Waals surface area contributed by atoms with E-state index < -0.39 is 5.91 Å². The minimum atomic E-state index is -0.406. The number of halogens is 1. The van der Waals surface area contributed by atoms with Crippen LogP contribution in [-0.4, -0.2) is 59.0 Å². The minimum absolute atomic E-state index is 0.262. The van der Waals surface area contributed by atoms with E-state index in [0.717, 1.165) is 67.4 Å². The predicted molar refractivity (Wildman–Crippen MR) is 133 cm³/mol. The number of hydrogen-bond acceptors (Lipinski definition) is 7. The highest BCUT2D eigenvalue weighted by molar-refractivity contribution is 8.18. The molecule has 9 heteroatoms. The molecule has 2 aliphatic rings. The van der Waals surface area contributed by atoms with Gasteiger partial charge in [-0.05, 0) is 66.2 Å². The third-order valence-electron chi connectivity index (χ3n) is 6.11. The van der Waals surface area contributed by atoms with Gasteiger partial charge in [-0.2, -0.15) is 10.2 Å². The Morgan fingerprint density at radius 2 is 1.94 bits per heavy atom. The molecule has 0 unspecified atom stereocenters. The number of anilines is 1. The van der Waals surface area contributed by atoms with E-state index >= 15 is 4.39 Å². The predicted octanol–water partition coefficient (Wildman–Crippen LogP) is 4.29. The fraction of sp³-hybridized carbons (Fsp3) is 0.280. The molecule has 0 saturated carbocycles. The Balaban J connectivity index is 1.45. The van der Waals surface area contributed by atoms with Gasteiger partial charge in [0, 0.05) is 37.1 Å². The van der Waals surface area contributed by atoms with E-state index in [-0.39, 0.29) is 11.1 Å². The van der Waals surface area contributed by atoms with E-state index in [2.05, 4.69) is 32.2 Å². The number of hydrogen-bond donors (Lipinski definition) is 1. The van der Waals surface area contributed by atoms with E-state index in [1.54, 1.807) is 24.4 Å². The number of nitrogens with one attached hydrogen (secondary N) is 1. The Bertz CT molecular complexity index is 1300. The Hall–Kier alpha value is -3.30. The molecule has 2 aromatic carbocycles. The lowest BCUT2D eigenvalue weighted by atomic mass is 10.00. The highest BCUT2D eigenvalue weighted by atomic mass is 32.2. The molecule has 3 heterocycles. The summed E-state index contributed by atoms with van der Waals surface area (Å²) in [5, 5.41) is 10.9. The van der Waals surface area contributed by atoms with Crippen molar-refractivity contribution in [2.24, 2.45) is 0 Å². The van der Waals surface area contributed by atoms with E-state index in [1.807, 2.05) is 24.3 Å². The summed E-state index contributed by atoms with van der Waals surface area (Å²) in [6.07, 6.45) is 4.41. The highest BCUT2D eigenvalue weighted by Crippen LogP contribution is 2.32. The number of benzene rings is 2. The second-order valence-corrected chi connectivity index (χ2v) is 9.40. The van der Waals surface area contributed by atoms with Crippen LogP contribution in [0.4, 0.5) is 14.9 Å². The minimum Gasteiger partial charge on any atom is -0.367 e. The topological polar surface area (TPSA) is 78.4 Å². The molecule has 2 amide bonds. The lowest BCUT2D eigenvalue weighted by Gasteiger charge is -2.36. The van der Waals surface area contributed by atoms with Crippen LogP contribution in [0.3, 0.4) is 0 Å². The van der Waals surface area contributed by atoms with Crippen LogP contribution in [0.1, 0.15) is 18.9 Å². The quantitative estimate of drug-likeness (QED) is 0.549. The first-order chi connectivity index (χ1) is 16.5. The number of carbonyl (C=O) groups is 2. The first-order valence-corrected chi connectivity index (χ1v) is 12.1. The molecule has 2 fully saturated rings. The second kappa shape index (κ2) is 9.52. The van der Waals surface area contributed by atoms with Gasteiger partial charge in [0.25, 0.3) is 11.1 Å². The van der Waals surface area contributed by atoms with Crippen molar-refractivity contribution in [1.29, 1.82) is 0 Å². The van der Waals surface area contributed by atoms with Crippen LogP contribution < -0.4 is 10.2 Å². The lowest BCUT2D eigenvalue weighted by molar-refractivity contribution is -0.115. The van der Waals surface area contributed by atoms with Gasteiger partial charge >= 0.3 is 0 Å². The SMILES string of the molecule is CCCN1CCN(c2ccc(-c3cnnc4ccc(C=C5SC(=O)NC5=O)cc34)cc2F)CC1. The first-order valence-electron chi connectivity index (χ1n) is 11.3. The molecule has 7 nitrogen and oxygen atoms in total. The van der Waals surface area contributed by atoms with Crippen LogP contribution in [-0.2, 0) is 4.79 Å². The first kappa shape index (κ1) is 22.5. The Morgan fingerprint density at radius 3 is 2.65 bits per heavy atom. The number of rotatable bonds is 5. The van der Waals surface area contributed by atoms with Crippen LogP contribution in [0.5, 0.6) is 0 Å². The van der Waals surface area contributed by atoms with Gasteiger partial charge in [0.1, 0.15) is 5.82 Å². The van der Waals surface area contributed by atoms with Crippen molar-refractivity contribution in [3.05, 3.63) is 58.9 Å². The fourth-order valence-corrected chi connectivity index (χ4v) is 5.11. The van der Waals surface area contributed by atoms with E-state index in [1.165, 1.54) is 0 Å². The monoisotopic (exact) mass is 477 g/mol. The number of fused-ring (bicyclic) bond motifs is 1. The molecule has 174 valence electrons. The van der Waals surface area contributed by atoms with Gasteiger partial charge in [0.15, 0.2) is 0 Å². The highest BCUT2D eigenvalue weighted by Gasteiger charge is 2.25. The summed E-state index contributed by atoms with van der Waals surface area (Å²) in [6, 6.07) is 10.8. The average molecular weight is 478 g/mol. The summed E-state index contributed by atoms with van der Waals surface area (Å²) in [6.45, 7) is 6.75. The zero-order chi connectivity index (χ0) is 23.7. The average Bonchev–Trinajstić information content (AvgIpc) is 3.15. The van der Waals surface area contributed by atoms with Crippen molar-refractivity contribution in [2.75, 3.05) is 37.6 Å². The van der Waals surface area contributed by atoms with E-state index in [0.29, 0.717) is 21.7 Å². The van der Waals surface area contributed by atoms with Crippen molar-refractivity contribution in [1.82, 2.24) is 20.4 Å². The fourth-order valence-electron chi connectivity index (χ4n) is 4.43.